The Morgan fingerprint density at radius 2 is 1.69 bits per heavy atom. The van der Waals surface area contributed by atoms with Crippen LogP contribution in [0.25, 0.3) is 0 Å². The van der Waals surface area contributed by atoms with Crippen LogP contribution in [0.3, 0.4) is 0 Å². The molecule has 0 aliphatic carbocycles. The van der Waals surface area contributed by atoms with Crippen LogP contribution in [0.1, 0.15) is 13.8 Å². The van der Waals surface area contributed by atoms with Crippen LogP contribution in [0, 0.1) is 12.3 Å². The van der Waals surface area contributed by atoms with Crippen molar-refractivity contribution in [1.82, 2.24) is 0 Å². The average molecular weight is 227 g/mol. The van der Waals surface area contributed by atoms with Gasteiger partial charge >= 0.3 is 11.9 Å². The second-order valence-corrected chi connectivity index (χ2v) is 2.36. The van der Waals surface area contributed by atoms with Crippen molar-refractivity contribution in [1.29, 1.82) is 0 Å². The van der Waals surface area contributed by atoms with Gasteiger partial charge in [-0.25, -0.2) is 9.59 Å². The summed E-state index contributed by atoms with van der Waals surface area (Å²) in [6.45, 7) is 3.28. The zero-order valence-electron chi connectivity index (χ0n) is 9.19. The van der Waals surface area contributed by atoms with Gasteiger partial charge in [0, 0.05) is 0 Å². The SMILES string of the molecule is C#CCON=C(C(=O)OCC)C(=O)OCC. The van der Waals surface area contributed by atoms with Gasteiger partial charge in [-0.1, -0.05) is 11.1 Å². The minimum absolute atomic E-state index is 0.117. The fourth-order valence-corrected chi connectivity index (χ4v) is 0.691. The standard InChI is InChI=1S/C10H13NO5/c1-4-7-16-11-8(9(12)14-5-2)10(13)15-6-3/h1H,5-7H2,2-3H3. The van der Waals surface area contributed by atoms with Crippen LogP contribution in [-0.2, 0) is 23.9 Å². The first-order valence-corrected chi connectivity index (χ1v) is 4.65. The second-order valence-electron chi connectivity index (χ2n) is 2.36. The summed E-state index contributed by atoms with van der Waals surface area (Å²) in [5.74, 6) is 0.322. The molecule has 0 unspecified atom stereocenters. The summed E-state index contributed by atoms with van der Waals surface area (Å²) < 4.78 is 9.20. The Labute approximate surface area is 93.5 Å². The molecule has 0 aliphatic heterocycles. The van der Waals surface area contributed by atoms with Crippen molar-refractivity contribution in [3.63, 3.8) is 0 Å². The van der Waals surface area contributed by atoms with Crippen LogP contribution in [0.2, 0.25) is 0 Å². The minimum atomic E-state index is -0.905. The molecule has 6 nitrogen and oxygen atoms in total. The normalized spacial score (nSPS) is 8.56. The summed E-state index contributed by atoms with van der Waals surface area (Å²) in [7, 11) is 0. The summed E-state index contributed by atoms with van der Waals surface area (Å²) in [6.07, 6.45) is 4.91. The summed E-state index contributed by atoms with van der Waals surface area (Å²) in [6, 6.07) is 0. The Bertz CT molecular complexity index is 296. The Morgan fingerprint density at radius 1 is 1.19 bits per heavy atom. The van der Waals surface area contributed by atoms with Crippen LogP contribution in [-0.4, -0.2) is 37.5 Å². The number of hydrogen-bond acceptors (Lipinski definition) is 6. The predicted octanol–water partition coefficient (Wildman–Crippen LogP) is 0.118. The Morgan fingerprint density at radius 3 is 2.06 bits per heavy atom. The van der Waals surface area contributed by atoms with Gasteiger partial charge in [-0.05, 0) is 13.8 Å². The molecule has 0 N–H and O–H groups in total. The van der Waals surface area contributed by atoms with E-state index < -0.39 is 17.7 Å². The highest BCUT2D eigenvalue weighted by molar-refractivity contribution is 6.62. The lowest BCUT2D eigenvalue weighted by atomic mass is 10.4. The largest absolute Gasteiger partial charge is 0.461 e. The molecule has 88 valence electrons. The summed E-state index contributed by atoms with van der Waals surface area (Å²) in [5, 5.41) is 3.28. The summed E-state index contributed by atoms with van der Waals surface area (Å²) in [4.78, 5) is 27.1. The number of carbonyl (C=O) groups is 2. The predicted molar refractivity (Wildman–Crippen MR) is 55.5 cm³/mol. The molecule has 0 amide bonds. The Kier molecular flexibility index (Phi) is 7.24. The van der Waals surface area contributed by atoms with E-state index in [1.165, 1.54) is 0 Å². The van der Waals surface area contributed by atoms with E-state index >= 15 is 0 Å². The van der Waals surface area contributed by atoms with Crippen LogP contribution in [0.15, 0.2) is 5.16 Å². The number of oxime groups is 1. The zero-order chi connectivity index (χ0) is 12.4. The van der Waals surface area contributed by atoms with Crippen molar-refractivity contribution >= 4 is 17.7 Å². The van der Waals surface area contributed by atoms with Crippen LogP contribution >= 0.6 is 0 Å². The molecule has 0 fully saturated rings. The molecule has 0 aromatic heterocycles. The molecule has 0 heterocycles. The van der Waals surface area contributed by atoms with Gasteiger partial charge in [0.2, 0.25) is 0 Å². The maximum Gasteiger partial charge on any atom is 0.368 e. The van der Waals surface area contributed by atoms with Gasteiger partial charge in [-0.15, -0.1) is 6.42 Å². The van der Waals surface area contributed by atoms with E-state index in [2.05, 4.69) is 25.4 Å². The molecule has 0 saturated heterocycles. The minimum Gasteiger partial charge on any atom is -0.461 e. The molecular weight excluding hydrogens is 214 g/mol. The quantitative estimate of drug-likeness (QED) is 0.161. The first-order valence-electron chi connectivity index (χ1n) is 4.65. The highest BCUT2D eigenvalue weighted by atomic mass is 16.6. The third kappa shape index (κ3) is 5.00. The molecule has 0 bridgehead atoms. The zero-order valence-corrected chi connectivity index (χ0v) is 9.19. The fourth-order valence-electron chi connectivity index (χ4n) is 0.691. The third-order valence-corrected chi connectivity index (χ3v) is 1.24. The maximum atomic E-state index is 11.3. The van der Waals surface area contributed by atoms with Crippen LogP contribution < -0.4 is 0 Å². The van der Waals surface area contributed by atoms with E-state index in [1.54, 1.807) is 13.8 Å². The van der Waals surface area contributed by atoms with Crippen molar-refractivity contribution in [3.8, 4) is 12.3 Å². The van der Waals surface area contributed by atoms with E-state index in [0.717, 1.165) is 0 Å². The van der Waals surface area contributed by atoms with Gasteiger partial charge < -0.3 is 14.3 Å². The molecule has 0 atom stereocenters. The van der Waals surface area contributed by atoms with E-state index in [9.17, 15) is 9.59 Å². The molecule has 0 aromatic carbocycles. The van der Waals surface area contributed by atoms with Gasteiger partial charge in [0.1, 0.15) is 0 Å². The number of ether oxygens (including phenoxy) is 2. The molecule has 0 aromatic rings. The highest BCUT2D eigenvalue weighted by Crippen LogP contribution is 1.92. The van der Waals surface area contributed by atoms with Gasteiger partial charge in [0.15, 0.2) is 6.61 Å². The van der Waals surface area contributed by atoms with Crippen LogP contribution in [0.5, 0.6) is 0 Å². The number of nitrogens with zero attached hydrogens (tertiary/aromatic N) is 1. The van der Waals surface area contributed by atoms with E-state index in [-0.39, 0.29) is 19.8 Å². The number of hydrogen-bond donors (Lipinski definition) is 0. The van der Waals surface area contributed by atoms with E-state index in [0.29, 0.717) is 0 Å². The molecule has 0 rings (SSSR count). The first kappa shape index (κ1) is 14.0. The number of esters is 2. The molecule has 0 aliphatic rings. The van der Waals surface area contributed by atoms with Gasteiger partial charge in [-0.3, -0.25) is 0 Å². The second kappa shape index (κ2) is 8.29. The van der Waals surface area contributed by atoms with Gasteiger partial charge in [0.05, 0.1) is 13.2 Å². The van der Waals surface area contributed by atoms with Crippen molar-refractivity contribution < 1.29 is 23.9 Å². The molecule has 16 heavy (non-hydrogen) atoms. The Hall–Kier alpha value is -2.03. The lowest BCUT2D eigenvalue weighted by Gasteiger charge is -2.04. The molecule has 6 heteroatoms. The summed E-state index contributed by atoms with van der Waals surface area (Å²) in [5.41, 5.74) is -0.557. The van der Waals surface area contributed by atoms with Crippen molar-refractivity contribution in [3.05, 3.63) is 0 Å². The monoisotopic (exact) mass is 227 g/mol. The number of rotatable bonds is 6. The topological polar surface area (TPSA) is 74.2 Å². The maximum absolute atomic E-state index is 11.3. The van der Waals surface area contributed by atoms with Crippen molar-refractivity contribution in [2.45, 2.75) is 13.8 Å². The number of terminal acetylenes is 1. The number of carbonyl (C=O) groups excluding carboxylic acids is 2. The lowest BCUT2D eigenvalue weighted by Crippen LogP contribution is -2.28. The molecule has 0 spiro atoms. The average Bonchev–Trinajstić information content (AvgIpc) is 2.25. The van der Waals surface area contributed by atoms with Crippen LogP contribution in [0.4, 0.5) is 0 Å². The lowest BCUT2D eigenvalue weighted by molar-refractivity contribution is -0.140. The summed E-state index contributed by atoms with van der Waals surface area (Å²) >= 11 is 0. The van der Waals surface area contributed by atoms with Gasteiger partial charge in [-0.2, -0.15) is 0 Å². The van der Waals surface area contributed by atoms with E-state index in [4.69, 9.17) is 6.42 Å². The van der Waals surface area contributed by atoms with Crippen molar-refractivity contribution in [2.24, 2.45) is 5.16 Å². The smallest absolute Gasteiger partial charge is 0.368 e. The van der Waals surface area contributed by atoms with Gasteiger partial charge in [0.25, 0.3) is 5.71 Å². The highest BCUT2D eigenvalue weighted by Gasteiger charge is 2.24. The fraction of sp³-hybridized carbons (Fsp3) is 0.500. The third-order valence-electron chi connectivity index (χ3n) is 1.24. The molecule has 0 radical (unpaired) electrons. The molecule has 0 saturated carbocycles. The molecular formula is C10H13NO5. The Balaban J connectivity index is 4.62. The van der Waals surface area contributed by atoms with Crippen molar-refractivity contribution in [2.75, 3.05) is 19.8 Å². The first-order chi connectivity index (χ1) is 7.67. The van der Waals surface area contributed by atoms with E-state index in [1.807, 2.05) is 0 Å².